The first-order valence-corrected chi connectivity index (χ1v) is 11.1. The van der Waals surface area contributed by atoms with E-state index in [4.69, 9.17) is 4.98 Å². The number of fused-ring (bicyclic) bond motifs is 1. The van der Waals surface area contributed by atoms with Crippen LogP contribution in [-0.4, -0.2) is 54.9 Å². The number of amides is 2. The lowest BCUT2D eigenvalue weighted by atomic mass is 10.1. The fourth-order valence-electron chi connectivity index (χ4n) is 4.28. The molecule has 2 atom stereocenters. The summed E-state index contributed by atoms with van der Waals surface area (Å²) in [6, 6.07) is 4.95. The zero-order valence-electron chi connectivity index (χ0n) is 17.5. The molecule has 5 rings (SSSR count). The average molecular weight is 458 g/mol. The van der Waals surface area contributed by atoms with Gasteiger partial charge in [0, 0.05) is 31.6 Å². The zero-order valence-corrected chi connectivity index (χ0v) is 18.3. The number of imidazole rings is 1. The van der Waals surface area contributed by atoms with E-state index in [-0.39, 0.29) is 18.9 Å². The molecule has 1 saturated heterocycles. The summed E-state index contributed by atoms with van der Waals surface area (Å²) in [6.45, 7) is 4.67. The lowest BCUT2D eigenvalue weighted by molar-refractivity contribution is -0.121. The van der Waals surface area contributed by atoms with Gasteiger partial charge in [-0.05, 0) is 49.6 Å². The van der Waals surface area contributed by atoms with Gasteiger partial charge in [0.15, 0.2) is 22.8 Å². The van der Waals surface area contributed by atoms with Crippen molar-refractivity contribution in [3.63, 3.8) is 0 Å². The van der Waals surface area contributed by atoms with Crippen molar-refractivity contribution in [1.82, 2.24) is 23.8 Å². The third-order valence-electron chi connectivity index (χ3n) is 5.88. The van der Waals surface area contributed by atoms with Gasteiger partial charge in [-0.25, -0.2) is 18.7 Å². The molecule has 2 amide bonds. The fraction of sp³-hybridized carbons (Fsp3) is 0.381. The fourth-order valence-corrected chi connectivity index (χ4v) is 4.95. The van der Waals surface area contributed by atoms with Crippen LogP contribution in [0.25, 0.3) is 10.8 Å². The molecule has 8 nitrogen and oxygen atoms in total. The van der Waals surface area contributed by atoms with Crippen LogP contribution >= 0.6 is 11.5 Å². The third kappa shape index (κ3) is 3.27. The van der Waals surface area contributed by atoms with E-state index in [2.05, 4.69) is 9.36 Å². The number of aromatic nitrogens is 4. The highest BCUT2D eigenvalue weighted by Crippen LogP contribution is 2.39. The summed E-state index contributed by atoms with van der Waals surface area (Å²) >= 11 is 1.20. The van der Waals surface area contributed by atoms with Crippen molar-refractivity contribution in [3.8, 4) is 10.8 Å². The minimum absolute atomic E-state index is 0.102. The first kappa shape index (κ1) is 20.7. The quantitative estimate of drug-likeness (QED) is 0.602. The second kappa shape index (κ2) is 7.73. The Morgan fingerprint density at radius 3 is 2.53 bits per heavy atom. The maximum Gasteiger partial charge on any atom is 0.262 e. The Morgan fingerprint density at radius 2 is 1.91 bits per heavy atom. The minimum Gasteiger partial charge on any atom is -0.328 e. The highest BCUT2D eigenvalue weighted by atomic mass is 32.1. The van der Waals surface area contributed by atoms with Gasteiger partial charge in [0.05, 0.1) is 11.7 Å². The predicted molar refractivity (Wildman–Crippen MR) is 114 cm³/mol. The Morgan fingerprint density at radius 1 is 1.16 bits per heavy atom. The third-order valence-corrected chi connectivity index (χ3v) is 6.68. The van der Waals surface area contributed by atoms with E-state index in [0.29, 0.717) is 46.8 Å². The number of aryl methyl sites for hydroxylation is 1. The molecule has 1 fully saturated rings. The lowest BCUT2D eigenvalue weighted by Gasteiger charge is -2.36. The molecule has 166 valence electrons. The van der Waals surface area contributed by atoms with E-state index in [1.54, 1.807) is 11.8 Å². The Kier molecular flexibility index (Phi) is 5.00. The number of carbonyl (C=O) groups is 2. The number of carbonyl (C=O) groups excluding carboxylic acids is 2. The summed E-state index contributed by atoms with van der Waals surface area (Å²) in [5, 5.41) is 0.601. The van der Waals surface area contributed by atoms with Crippen LogP contribution in [0.3, 0.4) is 0 Å². The lowest BCUT2D eigenvalue weighted by Crippen LogP contribution is -2.42. The molecule has 2 aromatic heterocycles. The van der Waals surface area contributed by atoms with Crippen molar-refractivity contribution in [3.05, 3.63) is 47.2 Å². The van der Waals surface area contributed by atoms with Crippen molar-refractivity contribution in [2.24, 2.45) is 0 Å². The van der Waals surface area contributed by atoms with Crippen LogP contribution in [0.2, 0.25) is 0 Å². The first-order chi connectivity index (χ1) is 15.3. The van der Waals surface area contributed by atoms with Crippen LogP contribution in [0.4, 0.5) is 14.6 Å². The molecule has 0 bridgehead atoms. The number of nitrogens with zero attached hydrogens (tertiary/aromatic N) is 6. The van der Waals surface area contributed by atoms with Crippen LogP contribution in [0.1, 0.15) is 41.3 Å². The molecule has 0 N–H and O–H groups in total. The second-order valence-corrected chi connectivity index (χ2v) is 8.62. The second-order valence-electron chi connectivity index (χ2n) is 7.87. The van der Waals surface area contributed by atoms with Gasteiger partial charge < -0.3 is 9.47 Å². The van der Waals surface area contributed by atoms with Crippen LogP contribution < -0.4 is 4.90 Å². The maximum absolute atomic E-state index is 14.0. The highest BCUT2D eigenvalue weighted by Gasteiger charge is 2.41. The smallest absolute Gasteiger partial charge is 0.262 e. The van der Waals surface area contributed by atoms with E-state index in [0.717, 1.165) is 0 Å². The SMILES string of the molecule is Cc1nsc(-c2nc(N3CCC(F)C3=O)c3n2CCN(C(=O)c2ccc(F)cc2)C3C)n1. The number of anilines is 1. The topological polar surface area (TPSA) is 84.2 Å². The summed E-state index contributed by atoms with van der Waals surface area (Å²) in [5.41, 5.74) is 1.02. The van der Waals surface area contributed by atoms with Crippen LogP contribution in [0.5, 0.6) is 0 Å². The molecule has 0 spiro atoms. The maximum atomic E-state index is 14.0. The Bertz CT molecular complexity index is 1210. The van der Waals surface area contributed by atoms with E-state index < -0.39 is 23.9 Å². The van der Waals surface area contributed by atoms with Gasteiger partial charge in [0.25, 0.3) is 11.8 Å². The molecular formula is C21H20F2N6O2S. The average Bonchev–Trinajstić information content (AvgIpc) is 3.46. The molecule has 0 aliphatic carbocycles. The summed E-state index contributed by atoms with van der Waals surface area (Å²) in [7, 11) is 0. The number of hydrogen-bond acceptors (Lipinski definition) is 6. The molecule has 0 saturated carbocycles. The van der Waals surface area contributed by atoms with Crippen molar-refractivity contribution < 1.29 is 18.4 Å². The molecule has 2 unspecified atom stereocenters. The molecular weight excluding hydrogens is 438 g/mol. The Balaban J connectivity index is 1.58. The van der Waals surface area contributed by atoms with Gasteiger partial charge in [-0.3, -0.25) is 14.5 Å². The summed E-state index contributed by atoms with van der Waals surface area (Å²) in [4.78, 5) is 37.8. The summed E-state index contributed by atoms with van der Waals surface area (Å²) in [6.07, 6.45) is -1.46. The van der Waals surface area contributed by atoms with Crippen molar-refractivity contribution >= 4 is 29.2 Å². The van der Waals surface area contributed by atoms with E-state index in [1.807, 2.05) is 11.5 Å². The van der Waals surface area contributed by atoms with Gasteiger partial charge in [0.2, 0.25) is 0 Å². The summed E-state index contributed by atoms with van der Waals surface area (Å²) in [5.74, 6) is 0.222. The first-order valence-electron chi connectivity index (χ1n) is 10.3. The normalized spacial score (nSPS) is 20.7. The van der Waals surface area contributed by atoms with Gasteiger partial charge in [-0.15, -0.1) is 0 Å². The molecule has 2 aliphatic rings. The largest absolute Gasteiger partial charge is 0.328 e. The van der Waals surface area contributed by atoms with Gasteiger partial charge in [-0.2, -0.15) is 4.37 Å². The monoisotopic (exact) mass is 458 g/mol. The predicted octanol–water partition coefficient (Wildman–Crippen LogP) is 3.14. The molecule has 3 aromatic rings. The molecule has 4 heterocycles. The van der Waals surface area contributed by atoms with E-state index in [9.17, 15) is 18.4 Å². The molecule has 1 aromatic carbocycles. The number of hydrogen-bond donors (Lipinski definition) is 0. The number of benzene rings is 1. The van der Waals surface area contributed by atoms with Crippen LogP contribution in [0.15, 0.2) is 24.3 Å². The zero-order chi connectivity index (χ0) is 22.6. The summed E-state index contributed by atoms with van der Waals surface area (Å²) < 4.78 is 33.5. The van der Waals surface area contributed by atoms with Crippen molar-refractivity contribution in [2.45, 2.75) is 39.0 Å². The van der Waals surface area contributed by atoms with Gasteiger partial charge in [-0.1, -0.05) is 0 Å². The van der Waals surface area contributed by atoms with Crippen molar-refractivity contribution in [1.29, 1.82) is 0 Å². The highest BCUT2D eigenvalue weighted by molar-refractivity contribution is 7.09. The minimum atomic E-state index is -1.56. The Labute approximate surface area is 186 Å². The van der Waals surface area contributed by atoms with Gasteiger partial charge >= 0.3 is 0 Å². The van der Waals surface area contributed by atoms with Crippen molar-refractivity contribution in [2.75, 3.05) is 18.0 Å². The van der Waals surface area contributed by atoms with Gasteiger partial charge in [0.1, 0.15) is 11.6 Å². The Hall–Kier alpha value is -3.21. The number of rotatable bonds is 3. The van der Waals surface area contributed by atoms with E-state index in [1.165, 1.54) is 40.7 Å². The van der Waals surface area contributed by atoms with Crippen LogP contribution in [0, 0.1) is 12.7 Å². The van der Waals surface area contributed by atoms with Crippen LogP contribution in [-0.2, 0) is 11.3 Å². The van der Waals surface area contributed by atoms with E-state index >= 15 is 0 Å². The molecule has 11 heteroatoms. The standard InChI is InChI=1S/C21H20F2N6O2S/c1-11-16-17(29-8-7-15(23)21(29)31)25-18(19-24-12(2)26-32-19)28(16)10-9-27(11)20(30)13-3-5-14(22)6-4-13/h3-6,11,15H,7-10H2,1-2H3. The molecule has 32 heavy (non-hydrogen) atoms. The number of halogens is 2. The number of alkyl halides is 1. The molecule has 2 aliphatic heterocycles. The molecule has 0 radical (unpaired) electrons.